The fourth-order valence-electron chi connectivity index (χ4n) is 1.59. The second-order valence-electron chi connectivity index (χ2n) is 4.59. The zero-order valence-corrected chi connectivity index (χ0v) is 13.0. The van der Waals surface area contributed by atoms with Crippen molar-refractivity contribution in [1.29, 1.82) is 0 Å². The van der Waals surface area contributed by atoms with Gasteiger partial charge in [-0.1, -0.05) is 43.3 Å². The van der Waals surface area contributed by atoms with Crippen LogP contribution in [0.2, 0.25) is 0 Å². The van der Waals surface area contributed by atoms with Gasteiger partial charge in [0, 0.05) is 0 Å². The topological polar surface area (TPSA) is 63.6 Å². The van der Waals surface area contributed by atoms with Crippen LogP contribution in [0.5, 0.6) is 5.75 Å². The predicted molar refractivity (Wildman–Crippen MR) is 90.2 cm³/mol. The largest absolute Gasteiger partial charge is 0.508 e. The zero-order valence-electron chi connectivity index (χ0n) is 13.0. The first-order valence-electron chi connectivity index (χ1n) is 7.30. The van der Waals surface area contributed by atoms with Crippen LogP contribution < -0.4 is 0 Å². The van der Waals surface area contributed by atoms with E-state index in [1.54, 1.807) is 6.08 Å². The number of esters is 1. The van der Waals surface area contributed by atoms with E-state index in [-0.39, 0.29) is 11.7 Å². The molecular weight excluding hydrogens is 292 g/mol. The maximum atomic E-state index is 11.2. The third kappa shape index (κ3) is 7.62. The highest BCUT2D eigenvalue weighted by atomic mass is 16.5. The molecule has 0 atom stereocenters. The summed E-state index contributed by atoms with van der Waals surface area (Å²) in [5.41, 5.74) is 1.51. The van der Waals surface area contributed by atoms with Crippen molar-refractivity contribution < 1.29 is 19.4 Å². The number of allylic oxidation sites excluding steroid dienone is 1. The lowest BCUT2D eigenvalue weighted by Gasteiger charge is -2.02. The number of aldehydes is 1. The van der Waals surface area contributed by atoms with E-state index in [1.165, 1.54) is 30.3 Å². The molecule has 23 heavy (non-hydrogen) atoms. The summed E-state index contributed by atoms with van der Waals surface area (Å²) in [6.45, 7) is 2.36. The molecule has 2 aromatic rings. The Balaban J connectivity index is 0.000000238. The Kier molecular flexibility index (Phi) is 8.52. The molecule has 0 heterocycles. The molecule has 4 nitrogen and oxygen atoms in total. The molecule has 0 radical (unpaired) electrons. The Labute approximate surface area is 136 Å². The summed E-state index contributed by atoms with van der Waals surface area (Å²) in [5.74, 6) is -0.200. The molecule has 2 aromatic carbocycles. The fraction of sp³-hybridized carbons (Fsp3) is 0.158. The number of rotatable bonds is 5. The predicted octanol–water partition coefficient (Wildman–Crippen LogP) is 3.86. The van der Waals surface area contributed by atoms with E-state index in [1.807, 2.05) is 37.3 Å². The molecule has 0 amide bonds. The number of phenols is 1. The summed E-state index contributed by atoms with van der Waals surface area (Å²) in [4.78, 5) is 21.1. The van der Waals surface area contributed by atoms with Gasteiger partial charge in [-0.2, -0.15) is 0 Å². The van der Waals surface area contributed by atoms with Gasteiger partial charge in [0.1, 0.15) is 12.0 Å². The van der Waals surface area contributed by atoms with Gasteiger partial charge in [0.15, 0.2) is 0 Å². The van der Waals surface area contributed by atoms with E-state index in [9.17, 15) is 9.59 Å². The van der Waals surface area contributed by atoms with Crippen molar-refractivity contribution >= 4 is 18.3 Å². The molecule has 4 heteroatoms. The molecule has 0 fully saturated rings. The molecule has 0 unspecified atom stereocenters. The van der Waals surface area contributed by atoms with Crippen molar-refractivity contribution in [3.05, 3.63) is 71.8 Å². The van der Waals surface area contributed by atoms with E-state index >= 15 is 0 Å². The minimum absolute atomic E-state index is 0.145. The van der Waals surface area contributed by atoms with Crippen molar-refractivity contribution in [2.45, 2.75) is 13.3 Å². The molecule has 0 aromatic heterocycles. The van der Waals surface area contributed by atoms with Gasteiger partial charge in [-0.3, -0.25) is 4.79 Å². The number of benzene rings is 2. The van der Waals surface area contributed by atoms with Crippen LogP contribution in [0.15, 0.2) is 60.7 Å². The van der Waals surface area contributed by atoms with Crippen molar-refractivity contribution in [2.75, 3.05) is 6.61 Å². The lowest BCUT2D eigenvalue weighted by atomic mass is 10.2. The van der Waals surface area contributed by atoms with Crippen LogP contribution in [0, 0.1) is 0 Å². The SMILES string of the molecule is CCCOC(=O)c1ccc(O)cc1.O=CC=Cc1ccccc1. The average Bonchev–Trinajstić information content (AvgIpc) is 2.60. The molecule has 0 aliphatic heterocycles. The Bertz CT molecular complexity index is 616. The summed E-state index contributed by atoms with van der Waals surface area (Å²) in [6.07, 6.45) is 4.83. The van der Waals surface area contributed by atoms with Crippen molar-refractivity contribution in [1.82, 2.24) is 0 Å². The Morgan fingerprint density at radius 1 is 1.09 bits per heavy atom. The fourth-order valence-corrected chi connectivity index (χ4v) is 1.59. The average molecular weight is 312 g/mol. The highest BCUT2D eigenvalue weighted by Gasteiger charge is 2.05. The van der Waals surface area contributed by atoms with E-state index in [4.69, 9.17) is 9.84 Å². The van der Waals surface area contributed by atoms with E-state index in [0.717, 1.165) is 18.3 Å². The highest BCUT2D eigenvalue weighted by Crippen LogP contribution is 2.10. The Morgan fingerprint density at radius 3 is 2.30 bits per heavy atom. The van der Waals surface area contributed by atoms with Crippen molar-refractivity contribution in [2.24, 2.45) is 0 Å². The number of carbonyl (C=O) groups excluding carboxylic acids is 2. The summed E-state index contributed by atoms with van der Waals surface area (Å²) < 4.78 is 4.90. The third-order valence-corrected chi connectivity index (χ3v) is 2.71. The molecule has 0 spiro atoms. The lowest BCUT2D eigenvalue weighted by molar-refractivity contribution is -0.104. The third-order valence-electron chi connectivity index (χ3n) is 2.71. The molecule has 2 rings (SSSR count). The summed E-state index contributed by atoms with van der Waals surface area (Å²) in [5, 5.41) is 8.96. The molecule has 0 saturated carbocycles. The van der Waals surface area contributed by atoms with Gasteiger partial charge in [0.05, 0.1) is 12.2 Å². The second kappa shape index (κ2) is 10.8. The van der Waals surface area contributed by atoms with E-state index in [0.29, 0.717) is 12.2 Å². The van der Waals surface area contributed by atoms with Gasteiger partial charge >= 0.3 is 5.97 Å². The van der Waals surface area contributed by atoms with Crippen molar-refractivity contribution in [3.63, 3.8) is 0 Å². The van der Waals surface area contributed by atoms with E-state index < -0.39 is 0 Å². The summed E-state index contributed by atoms with van der Waals surface area (Å²) in [7, 11) is 0. The van der Waals surface area contributed by atoms with Crippen LogP contribution in [-0.2, 0) is 9.53 Å². The number of hydrogen-bond acceptors (Lipinski definition) is 4. The minimum atomic E-state index is -0.346. The van der Waals surface area contributed by atoms with Crippen LogP contribution in [0.4, 0.5) is 0 Å². The van der Waals surface area contributed by atoms with Crippen LogP contribution in [0.1, 0.15) is 29.3 Å². The number of carbonyl (C=O) groups is 2. The van der Waals surface area contributed by atoms with Crippen LogP contribution >= 0.6 is 0 Å². The first-order chi connectivity index (χ1) is 11.2. The molecule has 0 aliphatic rings. The minimum Gasteiger partial charge on any atom is -0.508 e. The molecule has 1 N–H and O–H groups in total. The highest BCUT2D eigenvalue weighted by molar-refractivity contribution is 5.89. The molecule has 0 bridgehead atoms. The van der Waals surface area contributed by atoms with Gasteiger partial charge in [-0.05, 0) is 42.3 Å². The maximum absolute atomic E-state index is 11.2. The van der Waals surface area contributed by atoms with Gasteiger partial charge in [0.2, 0.25) is 0 Å². The van der Waals surface area contributed by atoms with Gasteiger partial charge in [-0.15, -0.1) is 0 Å². The molecule has 0 saturated heterocycles. The summed E-state index contributed by atoms with van der Waals surface area (Å²) >= 11 is 0. The quantitative estimate of drug-likeness (QED) is 0.517. The number of ether oxygens (including phenoxy) is 1. The standard InChI is InChI=1S/C10H12O3.C9H8O/c1-2-7-13-10(12)8-3-5-9(11)6-4-8;10-8-4-7-9-5-2-1-3-6-9/h3-6,11H,2,7H2,1H3;1-8H. The van der Waals surface area contributed by atoms with Gasteiger partial charge in [-0.25, -0.2) is 4.79 Å². The molecule has 120 valence electrons. The first kappa shape index (κ1) is 18.2. The lowest BCUT2D eigenvalue weighted by Crippen LogP contribution is -2.05. The van der Waals surface area contributed by atoms with Crippen LogP contribution in [-0.4, -0.2) is 24.0 Å². The molecule has 0 aliphatic carbocycles. The second-order valence-corrected chi connectivity index (χ2v) is 4.59. The van der Waals surface area contributed by atoms with Crippen LogP contribution in [0.3, 0.4) is 0 Å². The Morgan fingerprint density at radius 2 is 1.74 bits per heavy atom. The monoisotopic (exact) mass is 312 g/mol. The maximum Gasteiger partial charge on any atom is 0.338 e. The number of phenolic OH excluding ortho intramolecular Hbond substituents is 1. The smallest absolute Gasteiger partial charge is 0.338 e. The van der Waals surface area contributed by atoms with E-state index in [2.05, 4.69) is 0 Å². The zero-order chi connectivity index (χ0) is 16.9. The first-order valence-corrected chi connectivity index (χ1v) is 7.30. The molecular formula is C19H20O4. The van der Waals surface area contributed by atoms with Gasteiger partial charge < -0.3 is 9.84 Å². The van der Waals surface area contributed by atoms with Gasteiger partial charge in [0.25, 0.3) is 0 Å². The number of hydrogen-bond donors (Lipinski definition) is 1. The van der Waals surface area contributed by atoms with Crippen molar-refractivity contribution in [3.8, 4) is 5.75 Å². The number of aromatic hydroxyl groups is 1. The van der Waals surface area contributed by atoms with Crippen LogP contribution in [0.25, 0.3) is 6.08 Å². The normalized spacial score (nSPS) is 9.78. The Hall–Kier alpha value is -2.88. The summed E-state index contributed by atoms with van der Waals surface area (Å²) in [6, 6.07) is 15.7.